The number of carboxylic acids is 1. The van der Waals surface area contributed by atoms with E-state index in [-0.39, 0.29) is 6.61 Å². The predicted molar refractivity (Wildman–Crippen MR) is 131 cm³/mol. The summed E-state index contributed by atoms with van der Waals surface area (Å²) < 4.78 is 5.43. The maximum atomic E-state index is 13.9. The minimum Gasteiger partial charge on any atom is -0.480 e. The largest absolute Gasteiger partial charge is 0.480 e. The van der Waals surface area contributed by atoms with E-state index in [0.717, 1.165) is 16.7 Å². The molecule has 1 aliphatic rings. The van der Waals surface area contributed by atoms with Gasteiger partial charge in [0.25, 0.3) is 0 Å². The van der Waals surface area contributed by atoms with Crippen molar-refractivity contribution < 1.29 is 24.2 Å². The van der Waals surface area contributed by atoms with Gasteiger partial charge in [0.1, 0.15) is 18.7 Å². The fraction of sp³-hybridized carbons (Fsp3) is 0.250. The molecule has 1 heterocycles. The highest BCUT2D eigenvalue weighted by molar-refractivity contribution is 5.91. The summed E-state index contributed by atoms with van der Waals surface area (Å²) >= 11 is 0. The number of aliphatic carboxylic acids is 1. The van der Waals surface area contributed by atoms with Gasteiger partial charge in [-0.25, -0.2) is 9.59 Å². The molecule has 4 rings (SSSR count). The van der Waals surface area contributed by atoms with Gasteiger partial charge in [0.15, 0.2) is 0 Å². The first-order valence-corrected chi connectivity index (χ1v) is 11.6. The Kier molecular flexibility index (Phi) is 7.77. The quantitative estimate of drug-likeness (QED) is 0.513. The number of alkyl carbamates (subject to hydrolysis) is 1. The lowest BCUT2D eigenvalue weighted by Crippen LogP contribution is -2.54. The molecule has 2 N–H and O–H groups in total. The molecule has 1 aliphatic heterocycles. The van der Waals surface area contributed by atoms with Crippen molar-refractivity contribution in [3.05, 3.63) is 108 Å². The van der Waals surface area contributed by atoms with E-state index in [4.69, 9.17) is 4.74 Å². The molecule has 3 aromatic rings. The van der Waals surface area contributed by atoms with Crippen LogP contribution in [-0.2, 0) is 20.9 Å². The zero-order chi connectivity index (χ0) is 24.6. The number of rotatable bonds is 8. The van der Waals surface area contributed by atoms with Crippen LogP contribution in [-0.4, -0.2) is 46.6 Å². The van der Waals surface area contributed by atoms with Gasteiger partial charge >= 0.3 is 12.1 Å². The average molecular weight is 473 g/mol. The molecule has 2 amide bonds. The molecule has 0 spiro atoms. The molecule has 0 radical (unpaired) electrons. The monoisotopic (exact) mass is 472 g/mol. The van der Waals surface area contributed by atoms with Crippen LogP contribution in [0, 0.1) is 0 Å². The number of benzene rings is 3. The van der Waals surface area contributed by atoms with Crippen molar-refractivity contribution in [3.8, 4) is 0 Å². The Balaban J connectivity index is 1.67. The van der Waals surface area contributed by atoms with Gasteiger partial charge in [0.2, 0.25) is 5.91 Å². The number of nitrogens with one attached hydrogen (secondary N) is 1. The van der Waals surface area contributed by atoms with Gasteiger partial charge in [-0.1, -0.05) is 91.0 Å². The molecule has 7 nitrogen and oxygen atoms in total. The maximum absolute atomic E-state index is 13.9. The Morgan fingerprint density at radius 2 is 1.43 bits per heavy atom. The topological polar surface area (TPSA) is 95.9 Å². The first-order valence-electron chi connectivity index (χ1n) is 11.6. The van der Waals surface area contributed by atoms with Crippen LogP contribution >= 0.6 is 0 Å². The van der Waals surface area contributed by atoms with Gasteiger partial charge in [-0.05, 0) is 29.5 Å². The van der Waals surface area contributed by atoms with Crippen LogP contribution in [0.4, 0.5) is 4.79 Å². The number of amides is 2. The molecule has 0 saturated carbocycles. The normalized spacial score (nSPS) is 16.0. The highest BCUT2D eigenvalue weighted by atomic mass is 16.5. The Labute approximate surface area is 204 Å². The van der Waals surface area contributed by atoms with Gasteiger partial charge in [-0.3, -0.25) is 4.79 Å². The molecule has 1 saturated heterocycles. The van der Waals surface area contributed by atoms with E-state index < -0.39 is 36.0 Å². The predicted octanol–water partition coefficient (Wildman–Crippen LogP) is 4.19. The summed E-state index contributed by atoms with van der Waals surface area (Å²) in [6, 6.07) is 26.1. The van der Waals surface area contributed by atoms with E-state index in [1.807, 2.05) is 91.0 Å². The third-order valence-corrected chi connectivity index (χ3v) is 6.22. The van der Waals surface area contributed by atoms with Crippen molar-refractivity contribution in [3.63, 3.8) is 0 Å². The van der Waals surface area contributed by atoms with E-state index in [1.165, 1.54) is 4.90 Å². The number of hydrogen-bond donors (Lipinski definition) is 2. The van der Waals surface area contributed by atoms with Gasteiger partial charge < -0.3 is 20.1 Å². The molecule has 7 heteroatoms. The fourth-order valence-electron chi connectivity index (χ4n) is 4.54. The molecule has 3 aromatic carbocycles. The summed E-state index contributed by atoms with van der Waals surface area (Å²) in [5, 5.41) is 12.4. The number of nitrogens with zero attached hydrogens (tertiary/aromatic N) is 1. The van der Waals surface area contributed by atoms with Crippen molar-refractivity contribution in [1.29, 1.82) is 0 Å². The fourth-order valence-corrected chi connectivity index (χ4v) is 4.54. The van der Waals surface area contributed by atoms with Crippen molar-refractivity contribution >= 4 is 18.0 Å². The number of carboxylic acid groups (broad SMARTS) is 1. The van der Waals surface area contributed by atoms with Crippen molar-refractivity contribution in [2.75, 3.05) is 6.54 Å². The molecule has 0 bridgehead atoms. The van der Waals surface area contributed by atoms with Gasteiger partial charge in [0.05, 0.1) is 0 Å². The van der Waals surface area contributed by atoms with Crippen molar-refractivity contribution in [2.24, 2.45) is 0 Å². The zero-order valence-electron chi connectivity index (χ0n) is 19.2. The van der Waals surface area contributed by atoms with Gasteiger partial charge in [0, 0.05) is 12.5 Å². The molecule has 0 unspecified atom stereocenters. The Bertz CT molecular complexity index is 1100. The second-order valence-corrected chi connectivity index (χ2v) is 8.51. The lowest BCUT2D eigenvalue weighted by molar-refractivity contribution is -0.149. The van der Waals surface area contributed by atoms with Crippen molar-refractivity contribution in [1.82, 2.24) is 10.2 Å². The first kappa shape index (κ1) is 24.0. The molecule has 180 valence electrons. The summed E-state index contributed by atoms with van der Waals surface area (Å²) in [6.07, 6.45) is 0.234. The van der Waals surface area contributed by atoms with Crippen LogP contribution in [0.1, 0.15) is 35.4 Å². The second kappa shape index (κ2) is 11.3. The number of carbonyl (C=O) groups is 3. The Hall–Kier alpha value is -4.13. The molecule has 2 atom stereocenters. The maximum Gasteiger partial charge on any atom is 0.408 e. The average Bonchev–Trinajstić information content (AvgIpc) is 3.39. The summed E-state index contributed by atoms with van der Waals surface area (Å²) in [4.78, 5) is 39.9. The van der Waals surface area contributed by atoms with E-state index in [9.17, 15) is 19.5 Å². The van der Waals surface area contributed by atoms with Crippen LogP contribution in [0.25, 0.3) is 0 Å². The molecular formula is C28H28N2O5. The SMILES string of the molecule is O=C(N[C@@H](C(=O)N1CCC[C@H]1C(=O)O)C(c1ccccc1)c1ccccc1)OCc1ccccc1. The van der Waals surface area contributed by atoms with Crippen LogP contribution in [0.2, 0.25) is 0 Å². The number of ether oxygens (including phenoxy) is 1. The molecule has 35 heavy (non-hydrogen) atoms. The van der Waals surface area contributed by atoms with Crippen LogP contribution in [0.15, 0.2) is 91.0 Å². The van der Waals surface area contributed by atoms with E-state index in [0.29, 0.717) is 19.4 Å². The van der Waals surface area contributed by atoms with Crippen molar-refractivity contribution in [2.45, 2.75) is 37.5 Å². The third-order valence-electron chi connectivity index (χ3n) is 6.22. The smallest absolute Gasteiger partial charge is 0.408 e. The van der Waals surface area contributed by atoms with E-state index in [1.54, 1.807) is 0 Å². The summed E-state index contributed by atoms with van der Waals surface area (Å²) in [5.41, 5.74) is 2.47. The molecular weight excluding hydrogens is 444 g/mol. The summed E-state index contributed by atoms with van der Waals surface area (Å²) in [5.74, 6) is -2.02. The van der Waals surface area contributed by atoms with E-state index in [2.05, 4.69) is 5.32 Å². The lowest BCUT2D eigenvalue weighted by Gasteiger charge is -2.32. The molecule has 0 aliphatic carbocycles. The van der Waals surface area contributed by atoms with Crippen LogP contribution < -0.4 is 5.32 Å². The summed E-state index contributed by atoms with van der Waals surface area (Å²) in [7, 11) is 0. The third kappa shape index (κ3) is 5.87. The summed E-state index contributed by atoms with van der Waals surface area (Å²) in [6.45, 7) is 0.375. The Morgan fingerprint density at radius 3 is 1.97 bits per heavy atom. The standard InChI is InChI=1S/C28H28N2O5/c31-26(30-18-10-17-23(30)27(32)33)25(29-28(34)35-19-20-11-4-1-5-12-20)24(21-13-6-2-7-14-21)22-15-8-3-9-16-22/h1-9,11-16,23-25H,10,17-19H2,(H,29,34)(H,32,33)/t23-,25+/m0/s1. The number of hydrogen-bond acceptors (Lipinski definition) is 4. The minimum atomic E-state index is -1.05. The molecule has 1 fully saturated rings. The minimum absolute atomic E-state index is 0.0520. The van der Waals surface area contributed by atoms with Crippen LogP contribution in [0.5, 0.6) is 0 Å². The number of likely N-dealkylation sites (tertiary alicyclic amines) is 1. The second-order valence-electron chi connectivity index (χ2n) is 8.51. The lowest BCUT2D eigenvalue weighted by atomic mass is 9.84. The van der Waals surface area contributed by atoms with Crippen LogP contribution in [0.3, 0.4) is 0 Å². The van der Waals surface area contributed by atoms with Gasteiger partial charge in [-0.2, -0.15) is 0 Å². The van der Waals surface area contributed by atoms with Gasteiger partial charge in [-0.15, -0.1) is 0 Å². The highest BCUT2D eigenvalue weighted by Gasteiger charge is 2.41. The zero-order valence-corrected chi connectivity index (χ0v) is 19.2. The van der Waals surface area contributed by atoms with E-state index >= 15 is 0 Å². The highest BCUT2D eigenvalue weighted by Crippen LogP contribution is 2.31. The Morgan fingerprint density at radius 1 is 0.886 bits per heavy atom. The number of carbonyl (C=O) groups excluding carboxylic acids is 2. The first-order chi connectivity index (χ1) is 17.0. The molecule has 0 aromatic heterocycles.